The Labute approximate surface area is 88.8 Å². The molecule has 0 bridgehead atoms. The van der Waals surface area contributed by atoms with Crippen molar-refractivity contribution in [3.8, 4) is 0 Å². The number of hydrogen-bond acceptors (Lipinski definition) is 3. The van der Waals surface area contributed by atoms with E-state index in [4.69, 9.17) is 5.73 Å². The predicted octanol–water partition coefficient (Wildman–Crippen LogP) is 1.78. The van der Waals surface area contributed by atoms with E-state index in [1.54, 1.807) is 11.3 Å². The molecule has 1 fully saturated rings. The van der Waals surface area contributed by atoms with E-state index in [0.717, 1.165) is 25.7 Å². The second kappa shape index (κ2) is 4.01. The van der Waals surface area contributed by atoms with Gasteiger partial charge in [-0.2, -0.15) is 11.3 Å². The van der Waals surface area contributed by atoms with Gasteiger partial charge in [-0.1, -0.05) is 0 Å². The Bertz CT molecular complexity index is 281. The predicted molar refractivity (Wildman–Crippen MR) is 59.4 cm³/mol. The van der Waals surface area contributed by atoms with Crippen LogP contribution in [-0.2, 0) is 6.42 Å². The fourth-order valence-electron chi connectivity index (χ4n) is 1.89. The third-order valence-corrected chi connectivity index (χ3v) is 3.85. The second-order valence-electron chi connectivity index (χ2n) is 4.21. The quantitative estimate of drug-likeness (QED) is 0.780. The third kappa shape index (κ3) is 2.16. The highest BCUT2D eigenvalue weighted by Crippen LogP contribution is 2.41. The smallest absolute Gasteiger partial charge is 0.0800 e. The molecule has 1 atom stereocenters. The van der Waals surface area contributed by atoms with Gasteiger partial charge in [-0.15, -0.1) is 0 Å². The van der Waals surface area contributed by atoms with Gasteiger partial charge in [-0.3, -0.25) is 0 Å². The summed E-state index contributed by atoms with van der Waals surface area (Å²) in [6, 6.07) is 2.12. The molecule has 2 nitrogen and oxygen atoms in total. The van der Waals surface area contributed by atoms with Gasteiger partial charge >= 0.3 is 0 Å². The van der Waals surface area contributed by atoms with E-state index in [9.17, 15) is 5.11 Å². The first-order valence-corrected chi connectivity index (χ1v) is 6.12. The van der Waals surface area contributed by atoms with Gasteiger partial charge in [-0.05, 0) is 54.0 Å². The largest absolute Gasteiger partial charge is 0.388 e. The van der Waals surface area contributed by atoms with E-state index in [1.165, 1.54) is 5.56 Å². The van der Waals surface area contributed by atoms with Gasteiger partial charge in [-0.25, -0.2) is 0 Å². The zero-order chi connectivity index (χ0) is 10.0. The first kappa shape index (κ1) is 10.1. The van der Waals surface area contributed by atoms with Crippen LogP contribution in [0.4, 0.5) is 0 Å². The maximum Gasteiger partial charge on any atom is 0.0800 e. The fourth-order valence-corrected chi connectivity index (χ4v) is 2.59. The molecule has 0 aliphatic heterocycles. The van der Waals surface area contributed by atoms with E-state index in [1.807, 2.05) is 0 Å². The van der Waals surface area contributed by atoms with Crippen LogP contribution in [0, 0.1) is 5.92 Å². The Kier molecular flexibility index (Phi) is 2.91. The Hall–Kier alpha value is -0.380. The Balaban J connectivity index is 1.89. The van der Waals surface area contributed by atoms with Crippen LogP contribution in [0.1, 0.15) is 24.8 Å². The molecule has 1 aliphatic rings. The molecule has 14 heavy (non-hydrogen) atoms. The van der Waals surface area contributed by atoms with E-state index in [-0.39, 0.29) is 0 Å². The molecule has 1 unspecified atom stereocenters. The molecule has 1 aliphatic carbocycles. The molecular weight excluding hydrogens is 194 g/mol. The van der Waals surface area contributed by atoms with Gasteiger partial charge in [0, 0.05) is 6.54 Å². The average molecular weight is 211 g/mol. The molecule has 0 radical (unpaired) electrons. The van der Waals surface area contributed by atoms with Crippen LogP contribution >= 0.6 is 11.3 Å². The number of thiophene rings is 1. The van der Waals surface area contributed by atoms with E-state index in [0.29, 0.717) is 12.5 Å². The molecule has 0 aromatic carbocycles. The number of nitrogens with two attached hydrogens (primary N) is 1. The molecular formula is C11H17NOS. The molecule has 1 aromatic rings. The molecule has 0 saturated heterocycles. The van der Waals surface area contributed by atoms with Crippen molar-refractivity contribution in [2.45, 2.75) is 31.3 Å². The van der Waals surface area contributed by atoms with Gasteiger partial charge in [0.1, 0.15) is 0 Å². The summed E-state index contributed by atoms with van der Waals surface area (Å²) in [5.41, 5.74) is 6.37. The van der Waals surface area contributed by atoms with Gasteiger partial charge in [0.05, 0.1) is 5.60 Å². The van der Waals surface area contributed by atoms with Gasteiger partial charge in [0.2, 0.25) is 0 Å². The first-order chi connectivity index (χ1) is 6.74. The summed E-state index contributed by atoms with van der Waals surface area (Å²) in [5.74, 6) is 0.464. The maximum absolute atomic E-state index is 10.2. The van der Waals surface area contributed by atoms with Gasteiger partial charge < -0.3 is 10.8 Å². The summed E-state index contributed by atoms with van der Waals surface area (Å²) in [5, 5.41) is 14.5. The lowest BCUT2D eigenvalue weighted by atomic mass is 9.91. The second-order valence-corrected chi connectivity index (χ2v) is 4.99. The zero-order valence-corrected chi connectivity index (χ0v) is 9.09. The monoisotopic (exact) mass is 211 g/mol. The lowest BCUT2D eigenvalue weighted by Crippen LogP contribution is -2.40. The zero-order valence-electron chi connectivity index (χ0n) is 8.28. The lowest BCUT2D eigenvalue weighted by Gasteiger charge is -2.26. The van der Waals surface area contributed by atoms with Crippen molar-refractivity contribution in [2.75, 3.05) is 6.54 Å². The van der Waals surface area contributed by atoms with Crippen LogP contribution in [0.5, 0.6) is 0 Å². The molecule has 1 heterocycles. The Morgan fingerprint density at radius 2 is 2.36 bits per heavy atom. The topological polar surface area (TPSA) is 46.2 Å². The molecule has 3 heteroatoms. The highest BCUT2D eigenvalue weighted by atomic mass is 32.1. The number of aliphatic hydroxyl groups is 1. The van der Waals surface area contributed by atoms with Crippen LogP contribution in [-0.4, -0.2) is 17.3 Å². The summed E-state index contributed by atoms with van der Waals surface area (Å²) in [4.78, 5) is 0. The number of rotatable bonds is 5. The van der Waals surface area contributed by atoms with Crippen molar-refractivity contribution >= 4 is 11.3 Å². The number of aryl methyl sites for hydroxylation is 1. The van der Waals surface area contributed by atoms with Crippen molar-refractivity contribution in [3.63, 3.8) is 0 Å². The van der Waals surface area contributed by atoms with Crippen molar-refractivity contribution < 1.29 is 5.11 Å². The van der Waals surface area contributed by atoms with Crippen molar-refractivity contribution in [1.82, 2.24) is 0 Å². The first-order valence-electron chi connectivity index (χ1n) is 5.18. The van der Waals surface area contributed by atoms with E-state index < -0.39 is 5.60 Å². The lowest BCUT2D eigenvalue weighted by molar-refractivity contribution is 0.0181. The summed E-state index contributed by atoms with van der Waals surface area (Å²) in [6.45, 7) is 0.405. The van der Waals surface area contributed by atoms with Gasteiger partial charge in [0.15, 0.2) is 0 Å². The molecule has 1 saturated carbocycles. The van der Waals surface area contributed by atoms with E-state index >= 15 is 0 Å². The van der Waals surface area contributed by atoms with Gasteiger partial charge in [0.25, 0.3) is 0 Å². The molecule has 78 valence electrons. The SMILES string of the molecule is NCC(O)(CCc1ccsc1)C1CC1. The maximum atomic E-state index is 10.2. The summed E-state index contributed by atoms with van der Waals surface area (Å²) >= 11 is 1.71. The van der Waals surface area contributed by atoms with Crippen molar-refractivity contribution in [2.24, 2.45) is 11.7 Å². The Morgan fingerprint density at radius 1 is 1.57 bits per heavy atom. The van der Waals surface area contributed by atoms with Crippen LogP contribution in [0.25, 0.3) is 0 Å². The summed E-state index contributed by atoms with van der Waals surface area (Å²) in [6.07, 6.45) is 4.06. The van der Waals surface area contributed by atoms with Crippen molar-refractivity contribution in [1.29, 1.82) is 0 Å². The molecule has 1 aromatic heterocycles. The van der Waals surface area contributed by atoms with Crippen LogP contribution in [0.2, 0.25) is 0 Å². The number of hydrogen-bond donors (Lipinski definition) is 2. The highest BCUT2D eigenvalue weighted by Gasteiger charge is 2.42. The third-order valence-electron chi connectivity index (χ3n) is 3.12. The van der Waals surface area contributed by atoms with Crippen molar-refractivity contribution in [3.05, 3.63) is 22.4 Å². The molecule has 0 spiro atoms. The Morgan fingerprint density at radius 3 is 2.86 bits per heavy atom. The normalized spacial score (nSPS) is 20.7. The average Bonchev–Trinajstić information content (AvgIpc) is 2.94. The molecule has 3 N–H and O–H groups in total. The standard InChI is InChI=1S/C11H17NOS/c12-8-11(13,10-1-2-10)5-3-9-4-6-14-7-9/h4,6-7,10,13H,1-3,5,8,12H2. The minimum absolute atomic E-state index is 0.405. The van der Waals surface area contributed by atoms with Crippen LogP contribution in [0.15, 0.2) is 16.8 Å². The van der Waals surface area contributed by atoms with Crippen LogP contribution < -0.4 is 5.73 Å². The van der Waals surface area contributed by atoms with E-state index in [2.05, 4.69) is 16.8 Å². The fraction of sp³-hybridized carbons (Fsp3) is 0.636. The molecule has 0 amide bonds. The summed E-state index contributed by atoms with van der Waals surface area (Å²) in [7, 11) is 0. The van der Waals surface area contributed by atoms with Crippen LogP contribution in [0.3, 0.4) is 0 Å². The molecule has 2 rings (SSSR count). The minimum Gasteiger partial charge on any atom is -0.388 e. The highest BCUT2D eigenvalue weighted by molar-refractivity contribution is 7.07. The minimum atomic E-state index is -0.595. The summed E-state index contributed by atoms with van der Waals surface area (Å²) < 4.78 is 0.